The first-order chi connectivity index (χ1) is 7.27. The molecule has 1 aliphatic heterocycles. The van der Waals surface area contributed by atoms with Gasteiger partial charge in [-0.2, -0.15) is 0 Å². The van der Waals surface area contributed by atoms with Crippen molar-refractivity contribution in [3.8, 4) is 0 Å². The molecule has 0 saturated carbocycles. The van der Waals surface area contributed by atoms with Crippen LogP contribution in [0, 0.1) is 0 Å². The maximum Gasteiger partial charge on any atom is 0.0726 e. The molecule has 1 N–H and O–H groups in total. The molecule has 1 rings (SSSR count). The molecule has 0 aromatic carbocycles. The molecule has 1 aliphatic rings. The molecule has 0 bridgehead atoms. The molecule has 1 saturated heterocycles. The van der Waals surface area contributed by atoms with Gasteiger partial charge in [0.2, 0.25) is 0 Å². The molecule has 0 aliphatic carbocycles. The summed E-state index contributed by atoms with van der Waals surface area (Å²) in [7, 11) is 0. The quantitative estimate of drug-likeness (QED) is 0.701. The average molecular weight is 213 g/mol. The molecule has 2 atom stereocenters. The van der Waals surface area contributed by atoms with Crippen LogP contribution in [0.1, 0.15) is 59.3 Å². The Morgan fingerprint density at radius 1 is 1.27 bits per heavy atom. The zero-order valence-electron chi connectivity index (χ0n) is 10.6. The van der Waals surface area contributed by atoms with Crippen LogP contribution < -0.4 is 5.32 Å². The van der Waals surface area contributed by atoms with Crippen LogP contribution in [0.4, 0.5) is 0 Å². The zero-order chi connectivity index (χ0) is 11.1. The van der Waals surface area contributed by atoms with Crippen molar-refractivity contribution in [2.45, 2.75) is 77.5 Å². The first-order valence-electron chi connectivity index (χ1n) is 6.65. The van der Waals surface area contributed by atoms with E-state index in [0.717, 1.165) is 6.61 Å². The van der Waals surface area contributed by atoms with Crippen molar-refractivity contribution >= 4 is 0 Å². The Balaban J connectivity index is 2.28. The standard InChI is InChI=1S/C13H27NO/c1-4-7-12(8-5-2)14-11(3)13-9-6-10-15-13/h11-14H,4-10H2,1-3H3. The SMILES string of the molecule is CCCC(CCC)NC(C)C1CCCO1. The summed E-state index contributed by atoms with van der Waals surface area (Å²) in [5.74, 6) is 0. The number of nitrogens with one attached hydrogen (secondary N) is 1. The van der Waals surface area contributed by atoms with Crippen molar-refractivity contribution in [1.82, 2.24) is 5.32 Å². The van der Waals surface area contributed by atoms with E-state index in [2.05, 4.69) is 26.1 Å². The second kappa shape index (κ2) is 7.24. The van der Waals surface area contributed by atoms with E-state index in [-0.39, 0.29) is 0 Å². The molecule has 1 fully saturated rings. The smallest absolute Gasteiger partial charge is 0.0726 e. The number of rotatable bonds is 7. The highest BCUT2D eigenvalue weighted by molar-refractivity contribution is 4.80. The molecule has 2 heteroatoms. The lowest BCUT2D eigenvalue weighted by atomic mass is 10.0. The van der Waals surface area contributed by atoms with Crippen molar-refractivity contribution in [3.05, 3.63) is 0 Å². The largest absolute Gasteiger partial charge is 0.377 e. The second-order valence-corrected chi connectivity index (χ2v) is 4.78. The maximum atomic E-state index is 5.71. The highest BCUT2D eigenvalue weighted by atomic mass is 16.5. The molecular formula is C13H27NO. The Kier molecular flexibility index (Phi) is 6.26. The zero-order valence-corrected chi connectivity index (χ0v) is 10.6. The molecule has 2 nitrogen and oxygen atoms in total. The molecule has 0 aromatic heterocycles. The summed E-state index contributed by atoms with van der Waals surface area (Å²) in [5, 5.41) is 3.74. The van der Waals surface area contributed by atoms with Crippen molar-refractivity contribution in [2.75, 3.05) is 6.61 Å². The Bertz CT molecular complexity index is 149. The van der Waals surface area contributed by atoms with Gasteiger partial charge in [-0.3, -0.25) is 0 Å². The summed E-state index contributed by atoms with van der Waals surface area (Å²) in [5.41, 5.74) is 0. The minimum atomic E-state index is 0.459. The van der Waals surface area contributed by atoms with Gasteiger partial charge in [0.25, 0.3) is 0 Å². The van der Waals surface area contributed by atoms with E-state index < -0.39 is 0 Å². The van der Waals surface area contributed by atoms with Crippen LogP contribution in [-0.2, 0) is 4.74 Å². The van der Waals surface area contributed by atoms with Crippen molar-refractivity contribution < 1.29 is 4.74 Å². The first kappa shape index (κ1) is 13.0. The van der Waals surface area contributed by atoms with E-state index in [1.54, 1.807) is 0 Å². The summed E-state index contributed by atoms with van der Waals surface area (Å²) >= 11 is 0. The lowest BCUT2D eigenvalue weighted by Crippen LogP contribution is -2.43. The van der Waals surface area contributed by atoms with Crippen molar-refractivity contribution in [2.24, 2.45) is 0 Å². The van der Waals surface area contributed by atoms with Gasteiger partial charge in [0.15, 0.2) is 0 Å². The van der Waals surface area contributed by atoms with E-state index in [0.29, 0.717) is 18.2 Å². The molecule has 0 spiro atoms. The van der Waals surface area contributed by atoms with Crippen molar-refractivity contribution in [3.63, 3.8) is 0 Å². The highest BCUT2D eigenvalue weighted by Crippen LogP contribution is 2.17. The monoisotopic (exact) mass is 213 g/mol. The summed E-state index contributed by atoms with van der Waals surface area (Å²) in [6, 6.07) is 1.22. The van der Waals surface area contributed by atoms with Gasteiger partial charge in [-0.15, -0.1) is 0 Å². The van der Waals surface area contributed by atoms with E-state index in [9.17, 15) is 0 Å². The van der Waals surface area contributed by atoms with Gasteiger partial charge in [-0.05, 0) is 32.6 Å². The molecule has 2 unspecified atom stereocenters. The van der Waals surface area contributed by atoms with Gasteiger partial charge in [0.1, 0.15) is 0 Å². The third-order valence-corrected chi connectivity index (χ3v) is 3.30. The van der Waals surface area contributed by atoms with E-state index in [1.165, 1.54) is 38.5 Å². The van der Waals surface area contributed by atoms with Gasteiger partial charge in [-0.1, -0.05) is 26.7 Å². The molecule has 1 heterocycles. The minimum absolute atomic E-state index is 0.459. The average Bonchev–Trinajstić information content (AvgIpc) is 2.71. The fourth-order valence-corrected chi connectivity index (χ4v) is 2.48. The summed E-state index contributed by atoms with van der Waals surface area (Å²) in [6.07, 6.45) is 8.07. The number of ether oxygens (including phenoxy) is 1. The van der Waals surface area contributed by atoms with Crippen LogP contribution in [-0.4, -0.2) is 24.8 Å². The first-order valence-corrected chi connectivity index (χ1v) is 6.65. The Labute approximate surface area is 94.8 Å². The molecule has 0 radical (unpaired) electrons. The topological polar surface area (TPSA) is 21.3 Å². The lowest BCUT2D eigenvalue weighted by Gasteiger charge is -2.26. The van der Waals surface area contributed by atoms with Gasteiger partial charge in [0, 0.05) is 18.7 Å². The molecule has 15 heavy (non-hydrogen) atoms. The summed E-state index contributed by atoms with van der Waals surface area (Å²) in [4.78, 5) is 0. The Morgan fingerprint density at radius 3 is 2.40 bits per heavy atom. The van der Waals surface area contributed by atoms with Gasteiger partial charge in [0.05, 0.1) is 6.10 Å². The Morgan fingerprint density at radius 2 is 1.93 bits per heavy atom. The maximum absolute atomic E-state index is 5.71. The number of hydrogen-bond donors (Lipinski definition) is 1. The lowest BCUT2D eigenvalue weighted by molar-refractivity contribution is 0.0786. The molecule has 0 aromatic rings. The summed E-state index contributed by atoms with van der Waals surface area (Å²) in [6.45, 7) is 7.76. The van der Waals surface area contributed by atoms with Gasteiger partial charge < -0.3 is 10.1 Å². The highest BCUT2D eigenvalue weighted by Gasteiger charge is 2.23. The van der Waals surface area contributed by atoms with Gasteiger partial charge in [-0.25, -0.2) is 0 Å². The molecule has 90 valence electrons. The fraction of sp³-hybridized carbons (Fsp3) is 1.00. The van der Waals surface area contributed by atoms with Crippen LogP contribution in [0.25, 0.3) is 0 Å². The Hall–Kier alpha value is -0.0800. The normalized spacial score (nSPS) is 23.6. The van der Waals surface area contributed by atoms with Crippen LogP contribution in [0.15, 0.2) is 0 Å². The second-order valence-electron chi connectivity index (χ2n) is 4.78. The van der Waals surface area contributed by atoms with E-state index in [4.69, 9.17) is 4.74 Å². The molecule has 0 amide bonds. The third-order valence-electron chi connectivity index (χ3n) is 3.30. The number of hydrogen-bond acceptors (Lipinski definition) is 2. The van der Waals surface area contributed by atoms with Crippen LogP contribution >= 0.6 is 0 Å². The predicted octanol–water partition coefficient (Wildman–Crippen LogP) is 3.11. The summed E-state index contributed by atoms with van der Waals surface area (Å²) < 4.78 is 5.71. The fourth-order valence-electron chi connectivity index (χ4n) is 2.48. The van der Waals surface area contributed by atoms with E-state index in [1.807, 2.05) is 0 Å². The van der Waals surface area contributed by atoms with Crippen molar-refractivity contribution in [1.29, 1.82) is 0 Å². The van der Waals surface area contributed by atoms with Crippen LogP contribution in [0.3, 0.4) is 0 Å². The third kappa shape index (κ3) is 4.52. The molecular weight excluding hydrogens is 186 g/mol. The van der Waals surface area contributed by atoms with Gasteiger partial charge >= 0.3 is 0 Å². The van der Waals surface area contributed by atoms with Crippen LogP contribution in [0.5, 0.6) is 0 Å². The van der Waals surface area contributed by atoms with E-state index >= 15 is 0 Å². The van der Waals surface area contributed by atoms with Crippen LogP contribution in [0.2, 0.25) is 0 Å². The predicted molar refractivity (Wildman–Crippen MR) is 65.2 cm³/mol. The minimum Gasteiger partial charge on any atom is -0.377 e.